The molecule has 0 aliphatic heterocycles. The molecule has 0 amide bonds. The molecule has 0 radical (unpaired) electrons. The zero-order valence-corrected chi connectivity index (χ0v) is 10.5. The summed E-state index contributed by atoms with van der Waals surface area (Å²) in [6, 6.07) is 5.10. The highest BCUT2D eigenvalue weighted by atomic mass is 16.6. The monoisotopic (exact) mass is 237 g/mol. The first kappa shape index (κ1) is 13.4. The molecule has 0 aliphatic rings. The van der Waals surface area contributed by atoms with Crippen LogP contribution in [-0.2, 0) is 0 Å². The zero-order valence-electron chi connectivity index (χ0n) is 10.5. The third-order valence-corrected chi connectivity index (χ3v) is 2.70. The van der Waals surface area contributed by atoms with Gasteiger partial charge in [0.2, 0.25) is 0 Å². The van der Waals surface area contributed by atoms with Crippen molar-refractivity contribution in [3.05, 3.63) is 33.9 Å². The van der Waals surface area contributed by atoms with Crippen molar-refractivity contribution in [1.29, 1.82) is 0 Å². The molecule has 0 spiro atoms. The summed E-state index contributed by atoms with van der Waals surface area (Å²) in [6.45, 7) is 5.60. The molecule has 1 rings (SSSR count). The highest BCUT2D eigenvalue weighted by Gasteiger charge is 2.13. The highest BCUT2D eigenvalue weighted by Crippen LogP contribution is 2.24. The summed E-state index contributed by atoms with van der Waals surface area (Å²) in [5.74, 6) is 0.471. The molecule has 0 bridgehead atoms. The molecule has 1 atom stereocenters. The fourth-order valence-corrected chi connectivity index (χ4v) is 1.72. The topological polar surface area (TPSA) is 67.2 Å². The molecule has 0 aliphatic carbocycles. The molecule has 0 fully saturated rings. The summed E-state index contributed by atoms with van der Waals surface area (Å²) in [6.07, 6.45) is 0. The molecule has 17 heavy (non-hydrogen) atoms. The number of nitrogens with zero attached hydrogens (tertiary/aromatic N) is 1. The minimum Gasteiger partial charge on any atom is -0.384 e. The smallest absolute Gasteiger partial charge is 0.274 e. The fourth-order valence-electron chi connectivity index (χ4n) is 1.72. The van der Waals surface area contributed by atoms with Crippen LogP contribution in [0.3, 0.4) is 0 Å². The molecule has 5 heteroatoms. The molecule has 0 saturated carbocycles. The third kappa shape index (κ3) is 3.71. The van der Waals surface area contributed by atoms with Crippen LogP contribution in [0.15, 0.2) is 18.2 Å². The molecule has 0 saturated heterocycles. The van der Waals surface area contributed by atoms with Gasteiger partial charge in [-0.05, 0) is 32.5 Å². The first-order valence-electron chi connectivity index (χ1n) is 5.68. The normalized spacial score (nSPS) is 12.2. The van der Waals surface area contributed by atoms with Gasteiger partial charge in [-0.2, -0.15) is 0 Å². The molecular formula is C12H19N3O2. The average molecular weight is 237 g/mol. The lowest BCUT2D eigenvalue weighted by molar-refractivity contribution is -0.385. The number of nitro benzene ring substituents is 1. The van der Waals surface area contributed by atoms with E-state index in [1.54, 1.807) is 13.0 Å². The van der Waals surface area contributed by atoms with E-state index in [9.17, 15) is 10.1 Å². The summed E-state index contributed by atoms with van der Waals surface area (Å²) in [5.41, 5.74) is 1.69. The summed E-state index contributed by atoms with van der Waals surface area (Å²) in [5, 5.41) is 17.1. The number of benzene rings is 1. The van der Waals surface area contributed by atoms with Gasteiger partial charge in [0.1, 0.15) is 0 Å². The van der Waals surface area contributed by atoms with Gasteiger partial charge in [0, 0.05) is 23.9 Å². The molecule has 1 aromatic rings. The largest absolute Gasteiger partial charge is 0.384 e. The van der Waals surface area contributed by atoms with Gasteiger partial charge in [0.05, 0.1) is 4.92 Å². The van der Waals surface area contributed by atoms with E-state index < -0.39 is 0 Å². The van der Waals surface area contributed by atoms with Crippen LogP contribution in [0, 0.1) is 23.0 Å². The van der Waals surface area contributed by atoms with Gasteiger partial charge < -0.3 is 10.6 Å². The molecule has 0 heterocycles. The van der Waals surface area contributed by atoms with Gasteiger partial charge in [0.15, 0.2) is 0 Å². The number of nitro groups is 1. The van der Waals surface area contributed by atoms with Crippen molar-refractivity contribution in [2.24, 2.45) is 5.92 Å². The lowest BCUT2D eigenvalue weighted by Gasteiger charge is -2.14. The van der Waals surface area contributed by atoms with Gasteiger partial charge in [-0.3, -0.25) is 10.1 Å². The zero-order chi connectivity index (χ0) is 12.8. The summed E-state index contributed by atoms with van der Waals surface area (Å²) in [4.78, 5) is 10.4. The van der Waals surface area contributed by atoms with Crippen LogP contribution in [0.2, 0.25) is 0 Å². The Morgan fingerprint density at radius 1 is 1.41 bits per heavy atom. The Labute approximate surface area is 101 Å². The molecule has 2 N–H and O–H groups in total. The first-order chi connectivity index (χ1) is 8.06. The number of hydrogen-bond donors (Lipinski definition) is 2. The molecule has 1 aromatic carbocycles. The van der Waals surface area contributed by atoms with Crippen LogP contribution >= 0.6 is 0 Å². The lowest BCUT2D eigenvalue weighted by Crippen LogP contribution is -2.23. The van der Waals surface area contributed by atoms with E-state index in [2.05, 4.69) is 17.6 Å². The Bertz CT molecular complexity index is 393. The van der Waals surface area contributed by atoms with E-state index >= 15 is 0 Å². The predicted octanol–water partition coefficient (Wildman–Crippen LogP) is 2.17. The van der Waals surface area contributed by atoms with E-state index in [1.165, 1.54) is 6.07 Å². The van der Waals surface area contributed by atoms with Crippen molar-refractivity contribution in [1.82, 2.24) is 5.32 Å². The molecular weight excluding hydrogens is 218 g/mol. The van der Waals surface area contributed by atoms with Crippen LogP contribution in [0.1, 0.15) is 12.5 Å². The van der Waals surface area contributed by atoms with Gasteiger partial charge in [-0.25, -0.2) is 0 Å². The minimum absolute atomic E-state index is 0.163. The first-order valence-corrected chi connectivity index (χ1v) is 5.68. The second-order valence-corrected chi connectivity index (χ2v) is 4.25. The Balaban J connectivity index is 2.72. The molecule has 0 aromatic heterocycles. The van der Waals surface area contributed by atoms with Crippen LogP contribution in [0.5, 0.6) is 0 Å². The van der Waals surface area contributed by atoms with Crippen LogP contribution in [0.4, 0.5) is 11.4 Å². The summed E-state index contributed by atoms with van der Waals surface area (Å²) in [7, 11) is 1.91. The van der Waals surface area contributed by atoms with E-state index in [-0.39, 0.29) is 10.6 Å². The van der Waals surface area contributed by atoms with E-state index in [4.69, 9.17) is 0 Å². The van der Waals surface area contributed by atoms with E-state index in [0.29, 0.717) is 11.5 Å². The number of anilines is 1. The minimum atomic E-state index is -0.350. The van der Waals surface area contributed by atoms with E-state index in [1.807, 2.05) is 13.1 Å². The van der Waals surface area contributed by atoms with Gasteiger partial charge in [0.25, 0.3) is 5.69 Å². The van der Waals surface area contributed by atoms with Gasteiger partial charge in [-0.1, -0.05) is 13.0 Å². The Morgan fingerprint density at radius 2 is 2.12 bits per heavy atom. The van der Waals surface area contributed by atoms with Crippen LogP contribution in [-0.4, -0.2) is 25.1 Å². The van der Waals surface area contributed by atoms with Crippen LogP contribution < -0.4 is 10.6 Å². The Hall–Kier alpha value is -1.62. The average Bonchev–Trinajstić information content (AvgIpc) is 2.27. The molecule has 1 unspecified atom stereocenters. The van der Waals surface area contributed by atoms with Gasteiger partial charge >= 0.3 is 0 Å². The van der Waals surface area contributed by atoms with Crippen molar-refractivity contribution < 1.29 is 4.92 Å². The Morgan fingerprint density at radius 3 is 2.71 bits per heavy atom. The highest BCUT2D eigenvalue weighted by molar-refractivity contribution is 5.59. The summed E-state index contributed by atoms with van der Waals surface area (Å²) >= 11 is 0. The van der Waals surface area contributed by atoms with Crippen LogP contribution in [0.25, 0.3) is 0 Å². The Kier molecular flexibility index (Phi) is 4.90. The number of rotatable bonds is 6. The quantitative estimate of drug-likeness (QED) is 0.587. The van der Waals surface area contributed by atoms with Gasteiger partial charge in [-0.15, -0.1) is 0 Å². The number of nitrogens with one attached hydrogen (secondary N) is 2. The second-order valence-electron chi connectivity index (χ2n) is 4.25. The molecule has 5 nitrogen and oxygen atoms in total. The van der Waals surface area contributed by atoms with Crippen molar-refractivity contribution in [3.63, 3.8) is 0 Å². The third-order valence-electron chi connectivity index (χ3n) is 2.70. The van der Waals surface area contributed by atoms with Crippen molar-refractivity contribution >= 4 is 11.4 Å². The maximum atomic E-state index is 10.8. The second kappa shape index (κ2) is 6.20. The maximum Gasteiger partial charge on any atom is 0.274 e. The standard InChI is InChI=1S/C12H19N3O2/c1-9(7-13-3)8-14-11-5-4-6-12(10(11)2)15(16)17/h4-6,9,13-14H,7-8H2,1-3H3. The maximum absolute atomic E-state index is 10.8. The fraction of sp³-hybridized carbons (Fsp3) is 0.500. The van der Waals surface area contributed by atoms with Crippen molar-refractivity contribution in [2.75, 3.05) is 25.5 Å². The molecule has 94 valence electrons. The lowest BCUT2D eigenvalue weighted by atomic mass is 10.1. The van der Waals surface area contributed by atoms with Crippen molar-refractivity contribution in [2.45, 2.75) is 13.8 Å². The van der Waals surface area contributed by atoms with E-state index in [0.717, 1.165) is 18.8 Å². The predicted molar refractivity (Wildman–Crippen MR) is 69.4 cm³/mol. The van der Waals surface area contributed by atoms with Crippen molar-refractivity contribution in [3.8, 4) is 0 Å². The number of hydrogen-bond acceptors (Lipinski definition) is 4. The summed E-state index contributed by atoms with van der Waals surface area (Å²) < 4.78 is 0. The SMILES string of the molecule is CNCC(C)CNc1cccc([N+](=O)[O-])c1C.